The molecule has 4 nitrogen and oxygen atoms in total. The molecule has 1 aromatic carbocycles. The predicted molar refractivity (Wildman–Crippen MR) is 85.1 cm³/mol. The van der Waals surface area contributed by atoms with Gasteiger partial charge in [-0.05, 0) is 44.4 Å². The van der Waals surface area contributed by atoms with Gasteiger partial charge in [-0.3, -0.25) is 0 Å². The number of nitrogens with zero attached hydrogens (tertiary/aromatic N) is 1. The first-order chi connectivity index (χ1) is 9.95. The van der Waals surface area contributed by atoms with Gasteiger partial charge in [0, 0.05) is 24.0 Å². The predicted octanol–water partition coefficient (Wildman–Crippen LogP) is 3.88. The number of hydrogen-bond donors (Lipinski definition) is 1. The third kappa shape index (κ3) is 3.98. The van der Waals surface area contributed by atoms with E-state index in [1.807, 2.05) is 38.1 Å². The van der Waals surface area contributed by atoms with Crippen molar-refractivity contribution < 1.29 is 14.6 Å². The van der Waals surface area contributed by atoms with Crippen molar-refractivity contribution in [1.29, 1.82) is 0 Å². The van der Waals surface area contributed by atoms with E-state index in [4.69, 9.17) is 9.84 Å². The second kappa shape index (κ2) is 6.79. The Bertz CT molecular complexity index is 491. The molecule has 1 amide bonds. The molecule has 0 saturated carbocycles. The summed E-state index contributed by atoms with van der Waals surface area (Å²) in [4.78, 5) is 14.1. The lowest BCUT2D eigenvalue weighted by Gasteiger charge is -2.41. The summed E-state index contributed by atoms with van der Waals surface area (Å²) in [5, 5.41) is 8.93. The number of ether oxygens (including phenoxy) is 1. The maximum Gasteiger partial charge on any atom is 0.410 e. The van der Waals surface area contributed by atoms with Gasteiger partial charge in [-0.15, -0.1) is 0 Å². The zero-order valence-electron chi connectivity index (χ0n) is 12.5. The number of carbonyl (C=O) groups excluding carboxylic acids is 1. The van der Waals surface area contributed by atoms with Crippen LogP contribution in [-0.2, 0) is 4.74 Å². The van der Waals surface area contributed by atoms with E-state index < -0.39 is 5.60 Å². The van der Waals surface area contributed by atoms with Gasteiger partial charge in [-0.2, -0.15) is 0 Å². The van der Waals surface area contributed by atoms with Crippen LogP contribution in [0, 0.1) is 0 Å². The van der Waals surface area contributed by atoms with Gasteiger partial charge in [0.1, 0.15) is 5.60 Å². The number of aliphatic hydroxyl groups is 1. The molecule has 1 heterocycles. The van der Waals surface area contributed by atoms with Crippen LogP contribution >= 0.6 is 15.9 Å². The molecule has 1 aliphatic rings. The van der Waals surface area contributed by atoms with Crippen molar-refractivity contribution in [2.45, 2.75) is 44.8 Å². The molecule has 1 saturated heterocycles. The summed E-state index contributed by atoms with van der Waals surface area (Å²) < 4.78 is 6.65. The summed E-state index contributed by atoms with van der Waals surface area (Å²) in [5.41, 5.74) is 0.643. The average molecular weight is 356 g/mol. The smallest absolute Gasteiger partial charge is 0.410 e. The van der Waals surface area contributed by atoms with Gasteiger partial charge < -0.3 is 14.7 Å². The molecule has 0 unspecified atom stereocenters. The van der Waals surface area contributed by atoms with Crippen LogP contribution in [0.25, 0.3) is 0 Å². The highest BCUT2D eigenvalue weighted by atomic mass is 79.9. The second-order valence-electron chi connectivity index (χ2n) is 5.82. The van der Waals surface area contributed by atoms with E-state index in [0.717, 1.165) is 16.5 Å². The monoisotopic (exact) mass is 355 g/mol. The fourth-order valence-electron chi connectivity index (χ4n) is 2.67. The number of carbonyl (C=O) groups is 1. The van der Waals surface area contributed by atoms with E-state index in [1.54, 1.807) is 4.90 Å². The standard InChI is InChI=1S/C16H22BrNO3/c1-12(13-4-6-14(17)7-5-13)18-10-9-16(2,8-3-11-19)21-15(18)20/h4-7,12,19H,3,8-11H2,1-2H3/t12-,16+/m0/s1. The van der Waals surface area contributed by atoms with E-state index in [1.165, 1.54) is 0 Å². The maximum absolute atomic E-state index is 12.3. The van der Waals surface area contributed by atoms with Gasteiger partial charge in [-0.25, -0.2) is 4.79 Å². The average Bonchev–Trinajstić information content (AvgIpc) is 2.45. The summed E-state index contributed by atoms with van der Waals surface area (Å²) in [6, 6.07) is 7.98. The van der Waals surface area contributed by atoms with Gasteiger partial charge in [0.2, 0.25) is 0 Å². The summed E-state index contributed by atoms with van der Waals surface area (Å²) in [6.07, 6.45) is 1.89. The van der Waals surface area contributed by atoms with Gasteiger partial charge in [-0.1, -0.05) is 28.1 Å². The van der Waals surface area contributed by atoms with Gasteiger partial charge in [0.15, 0.2) is 0 Å². The fourth-order valence-corrected chi connectivity index (χ4v) is 2.94. The van der Waals surface area contributed by atoms with Crippen molar-refractivity contribution in [2.75, 3.05) is 13.2 Å². The lowest BCUT2D eigenvalue weighted by molar-refractivity contribution is -0.0521. The molecule has 1 aliphatic heterocycles. The number of benzene rings is 1. The molecule has 1 N–H and O–H groups in total. The molecule has 116 valence electrons. The summed E-state index contributed by atoms with van der Waals surface area (Å²) >= 11 is 3.42. The number of rotatable bonds is 5. The van der Waals surface area contributed by atoms with Crippen molar-refractivity contribution in [1.82, 2.24) is 4.90 Å². The summed E-state index contributed by atoms with van der Waals surface area (Å²) in [5.74, 6) is 0. The lowest BCUT2D eigenvalue weighted by atomic mass is 9.93. The molecular weight excluding hydrogens is 334 g/mol. The van der Waals surface area contributed by atoms with Crippen molar-refractivity contribution >= 4 is 22.0 Å². The normalized spacial score (nSPS) is 23.8. The Balaban J connectivity index is 2.03. The fraction of sp³-hybridized carbons (Fsp3) is 0.562. The van der Waals surface area contributed by atoms with Crippen LogP contribution < -0.4 is 0 Å². The third-order valence-electron chi connectivity index (χ3n) is 4.13. The molecule has 0 radical (unpaired) electrons. The molecule has 0 bridgehead atoms. The van der Waals surface area contributed by atoms with Crippen LogP contribution in [-0.4, -0.2) is 34.9 Å². The van der Waals surface area contributed by atoms with E-state index in [0.29, 0.717) is 19.4 Å². The van der Waals surface area contributed by atoms with Crippen LogP contribution in [0.5, 0.6) is 0 Å². The molecule has 21 heavy (non-hydrogen) atoms. The van der Waals surface area contributed by atoms with Crippen LogP contribution in [0.3, 0.4) is 0 Å². The second-order valence-corrected chi connectivity index (χ2v) is 6.73. The minimum atomic E-state index is -0.449. The molecule has 5 heteroatoms. The quantitative estimate of drug-likeness (QED) is 0.871. The zero-order valence-corrected chi connectivity index (χ0v) is 14.1. The van der Waals surface area contributed by atoms with Gasteiger partial charge in [0.25, 0.3) is 0 Å². The Morgan fingerprint density at radius 3 is 2.67 bits per heavy atom. The molecule has 2 rings (SSSR count). The van der Waals surface area contributed by atoms with Gasteiger partial charge >= 0.3 is 6.09 Å². The molecule has 0 aromatic heterocycles. The van der Waals surface area contributed by atoms with Crippen LogP contribution in [0.15, 0.2) is 28.7 Å². The minimum absolute atomic E-state index is 0.00649. The molecule has 0 spiro atoms. The molecule has 0 aliphatic carbocycles. The van der Waals surface area contributed by atoms with E-state index in [-0.39, 0.29) is 18.7 Å². The van der Waals surface area contributed by atoms with Crippen LogP contribution in [0.4, 0.5) is 4.79 Å². The first kappa shape index (κ1) is 16.3. The number of amides is 1. The number of halogens is 1. The van der Waals surface area contributed by atoms with Crippen molar-refractivity contribution in [2.24, 2.45) is 0 Å². The van der Waals surface area contributed by atoms with Gasteiger partial charge in [0.05, 0.1) is 6.04 Å². The molecule has 1 aromatic rings. The van der Waals surface area contributed by atoms with Crippen molar-refractivity contribution in [3.63, 3.8) is 0 Å². The Morgan fingerprint density at radius 1 is 1.43 bits per heavy atom. The zero-order chi connectivity index (χ0) is 15.5. The Hall–Kier alpha value is -1.07. The highest BCUT2D eigenvalue weighted by molar-refractivity contribution is 9.10. The molecule has 2 atom stereocenters. The van der Waals surface area contributed by atoms with Crippen LogP contribution in [0.1, 0.15) is 44.7 Å². The first-order valence-corrected chi connectivity index (χ1v) is 8.10. The molecular formula is C16H22BrNO3. The highest BCUT2D eigenvalue weighted by Gasteiger charge is 2.38. The van der Waals surface area contributed by atoms with Crippen LogP contribution in [0.2, 0.25) is 0 Å². The Kier molecular flexibility index (Phi) is 5.27. The highest BCUT2D eigenvalue weighted by Crippen LogP contribution is 2.32. The van der Waals surface area contributed by atoms with Crippen molar-refractivity contribution in [3.8, 4) is 0 Å². The number of hydrogen-bond acceptors (Lipinski definition) is 3. The molecule has 1 fully saturated rings. The topological polar surface area (TPSA) is 49.8 Å². The SMILES string of the molecule is C[C@@H](c1ccc(Br)cc1)N1CC[C@@](C)(CCCO)OC1=O. The van der Waals surface area contributed by atoms with E-state index in [9.17, 15) is 4.79 Å². The largest absolute Gasteiger partial charge is 0.443 e. The first-order valence-electron chi connectivity index (χ1n) is 7.31. The third-order valence-corrected chi connectivity index (χ3v) is 4.66. The maximum atomic E-state index is 12.3. The number of aliphatic hydroxyl groups excluding tert-OH is 1. The number of cyclic esters (lactones) is 1. The lowest BCUT2D eigenvalue weighted by Crippen LogP contribution is -2.48. The van der Waals surface area contributed by atoms with Crippen molar-refractivity contribution in [3.05, 3.63) is 34.3 Å². The Morgan fingerprint density at radius 2 is 2.10 bits per heavy atom. The minimum Gasteiger partial charge on any atom is -0.443 e. The Labute approximate surface area is 134 Å². The summed E-state index contributed by atoms with van der Waals surface area (Å²) in [7, 11) is 0. The van der Waals surface area contributed by atoms with E-state index >= 15 is 0 Å². The van der Waals surface area contributed by atoms with E-state index in [2.05, 4.69) is 15.9 Å². The summed E-state index contributed by atoms with van der Waals surface area (Å²) in [6.45, 7) is 4.77.